The van der Waals surface area contributed by atoms with E-state index in [0.717, 1.165) is 13.0 Å². The minimum Gasteiger partial charge on any atom is -1.00 e. The van der Waals surface area contributed by atoms with Crippen molar-refractivity contribution in [1.29, 1.82) is 0 Å². The van der Waals surface area contributed by atoms with Crippen LogP contribution in [0.4, 0.5) is 0 Å². The summed E-state index contributed by atoms with van der Waals surface area (Å²) in [5, 5.41) is 3.73. The molecule has 1 atom stereocenters. The lowest BCUT2D eigenvalue weighted by molar-refractivity contribution is -0.849. The van der Waals surface area contributed by atoms with Crippen LogP contribution in [0, 0.1) is 0 Å². The van der Waals surface area contributed by atoms with Crippen LogP contribution in [0.25, 0.3) is 0 Å². The van der Waals surface area contributed by atoms with Gasteiger partial charge in [0, 0.05) is 34.3 Å². The van der Waals surface area contributed by atoms with Crippen LogP contribution < -0.4 is 17.7 Å². The third-order valence-electron chi connectivity index (χ3n) is 7.06. The highest BCUT2D eigenvalue weighted by Crippen LogP contribution is 2.23. The molecule has 0 saturated heterocycles. The van der Waals surface area contributed by atoms with E-state index < -0.39 is 8.97 Å². The molecule has 5 nitrogen and oxygen atoms in total. The van der Waals surface area contributed by atoms with Crippen molar-refractivity contribution in [1.82, 2.24) is 5.32 Å². The quantitative estimate of drug-likeness (QED) is 0.121. The number of rotatable bonds is 24. The minimum atomic E-state index is -2.77. The van der Waals surface area contributed by atoms with E-state index in [0.29, 0.717) is 4.15 Å². The van der Waals surface area contributed by atoms with Crippen molar-refractivity contribution in [2.45, 2.75) is 129 Å². The van der Waals surface area contributed by atoms with E-state index in [9.17, 15) is 0 Å². The Morgan fingerprint density at radius 1 is 0.606 bits per heavy atom. The Morgan fingerprint density at radius 2 is 0.939 bits per heavy atom. The number of hydrogen-bond donors (Lipinski definition) is 1. The molecule has 7 heteroatoms. The molecule has 0 aromatic heterocycles. The van der Waals surface area contributed by atoms with E-state index in [1.54, 1.807) is 21.3 Å². The van der Waals surface area contributed by atoms with Crippen molar-refractivity contribution >= 4 is 8.97 Å². The van der Waals surface area contributed by atoms with E-state index in [1.807, 2.05) is 0 Å². The van der Waals surface area contributed by atoms with Gasteiger partial charge in [0.15, 0.2) is 0 Å². The van der Waals surface area contributed by atoms with Gasteiger partial charge in [0.2, 0.25) is 0 Å². The second-order valence-corrected chi connectivity index (χ2v) is 13.3. The van der Waals surface area contributed by atoms with Gasteiger partial charge in [-0.2, -0.15) is 0 Å². The topological polar surface area (TPSA) is 39.7 Å². The molecular weight excluding hydrogens is 452 g/mol. The summed E-state index contributed by atoms with van der Waals surface area (Å²) in [6.07, 6.45) is 23.8. The summed E-state index contributed by atoms with van der Waals surface area (Å²) in [5.41, 5.74) is 0. The third kappa shape index (κ3) is 14.5. The van der Waals surface area contributed by atoms with E-state index >= 15 is 0 Å². The summed E-state index contributed by atoms with van der Waals surface area (Å²) >= 11 is 0. The number of halogens is 1. The first-order chi connectivity index (χ1) is 15.5. The van der Waals surface area contributed by atoms with Crippen molar-refractivity contribution in [3.8, 4) is 0 Å². The van der Waals surface area contributed by atoms with Gasteiger partial charge < -0.3 is 29.8 Å². The number of nitrogens with zero attached hydrogens (tertiary/aromatic N) is 1. The SMILES string of the molecule is CCCCCCCCCCCCCCCCCCNC(CC)[N+](C)(C)[Si](OC)(OC)OC.[Cl-]. The summed E-state index contributed by atoms with van der Waals surface area (Å²) < 4.78 is 17.8. The van der Waals surface area contributed by atoms with Gasteiger partial charge in [-0.3, -0.25) is 5.32 Å². The Kier molecular flexibility index (Phi) is 24.5. The largest absolute Gasteiger partial charge is 1.00 e. The molecule has 0 fully saturated rings. The Labute approximate surface area is 215 Å². The van der Waals surface area contributed by atoms with Crippen LogP contribution in [-0.4, -0.2) is 61.2 Å². The molecule has 202 valence electrons. The van der Waals surface area contributed by atoms with E-state index in [4.69, 9.17) is 13.3 Å². The molecule has 33 heavy (non-hydrogen) atoms. The van der Waals surface area contributed by atoms with Gasteiger partial charge in [-0.05, 0) is 6.42 Å². The molecule has 0 amide bonds. The van der Waals surface area contributed by atoms with Crippen LogP contribution >= 0.6 is 0 Å². The third-order valence-corrected chi connectivity index (χ3v) is 10.3. The summed E-state index contributed by atoms with van der Waals surface area (Å²) in [4.78, 5) is 0. The van der Waals surface area contributed by atoms with Crippen LogP contribution in [0.1, 0.15) is 123 Å². The first kappa shape index (κ1) is 35.5. The second-order valence-electron chi connectivity index (χ2n) is 9.86. The maximum Gasteiger partial charge on any atom is 0.784 e. The van der Waals surface area contributed by atoms with Crippen LogP contribution in [0.2, 0.25) is 0 Å². The first-order valence-electron chi connectivity index (χ1n) is 13.7. The van der Waals surface area contributed by atoms with Crippen molar-refractivity contribution in [3.63, 3.8) is 0 Å². The maximum atomic E-state index is 5.75. The summed E-state index contributed by atoms with van der Waals surface area (Å²) in [5.74, 6) is 0. The van der Waals surface area contributed by atoms with Gasteiger partial charge in [-0.1, -0.05) is 110 Å². The lowest BCUT2D eigenvalue weighted by atomic mass is 10.0. The average molecular weight is 511 g/mol. The highest BCUT2D eigenvalue weighted by Gasteiger charge is 2.62. The average Bonchev–Trinajstić information content (AvgIpc) is 2.79. The Balaban J connectivity index is 0. The fraction of sp³-hybridized carbons (Fsp3) is 1.00. The standard InChI is InChI=1S/C26H59N2O3Si.ClH/c1-8-10-11-12-13-14-15-16-17-18-19-20-21-22-23-24-25-27-26(9-2)28(3,4)32(29-5,30-6)31-7;/h26-27H,8-25H2,1-7H3;1H/q+1;/p-1. The molecule has 0 aliphatic carbocycles. The number of nitrogens with one attached hydrogen (secondary N) is 1. The molecule has 1 unspecified atom stereocenters. The normalized spacial score (nSPS) is 13.2. The number of hydrogen-bond acceptors (Lipinski definition) is 4. The predicted octanol–water partition coefficient (Wildman–Crippen LogP) is 4.03. The number of quaternary nitrogens is 1. The molecule has 0 saturated carbocycles. The van der Waals surface area contributed by atoms with Crippen molar-refractivity contribution in [2.75, 3.05) is 42.0 Å². The van der Waals surface area contributed by atoms with Gasteiger partial charge in [0.05, 0.1) is 14.1 Å². The summed E-state index contributed by atoms with van der Waals surface area (Å²) in [7, 11) is 6.62. The van der Waals surface area contributed by atoms with Gasteiger partial charge in [-0.25, -0.2) is 0 Å². The molecule has 0 aromatic carbocycles. The Bertz CT molecular complexity index is 405. The smallest absolute Gasteiger partial charge is 0.784 e. The van der Waals surface area contributed by atoms with Crippen LogP contribution in [0.3, 0.4) is 0 Å². The van der Waals surface area contributed by atoms with E-state index in [-0.39, 0.29) is 18.6 Å². The number of unbranched alkanes of at least 4 members (excludes halogenated alkanes) is 15. The van der Waals surface area contributed by atoms with Crippen molar-refractivity contribution in [2.24, 2.45) is 0 Å². The molecule has 0 aromatic rings. The highest BCUT2D eigenvalue weighted by atomic mass is 35.5. The van der Waals surface area contributed by atoms with Gasteiger partial charge in [-0.15, -0.1) is 0 Å². The monoisotopic (exact) mass is 510 g/mol. The Morgan fingerprint density at radius 3 is 1.24 bits per heavy atom. The first-order valence-corrected chi connectivity index (χ1v) is 15.3. The van der Waals surface area contributed by atoms with E-state index in [2.05, 4.69) is 33.3 Å². The minimum absolute atomic E-state index is 0. The zero-order valence-corrected chi connectivity index (χ0v) is 25.1. The molecule has 1 N–H and O–H groups in total. The lowest BCUT2D eigenvalue weighted by Crippen LogP contribution is -3.00. The second kappa shape index (κ2) is 22.8. The van der Waals surface area contributed by atoms with Crippen molar-refractivity contribution in [3.05, 3.63) is 0 Å². The lowest BCUT2D eigenvalue weighted by Gasteiger charge is -2.45. The van der Waals surface area contributed by atoms with Crippen LogP contribution in [0.5, 0.6) is 0 Å². The summed E-state index contributed by atoms with van der Waals surface area (Å²) in [6, 6.07) is 0. The van der Waals surface area contributed by atoms with Crippen molar-refractivity contribution < 1.29 is 29.8 Å². The zero-order valence-electron chi connectivity index (χ0n) is 23.4. The van der Waals surface area contributed by atoms with Gasteiger partial charge >= 0.3 is 8.97 Å². The molecule has 0 rings (SSSR count). The molecule has 0 aliphatic rings. The van der Waals surface area contributed by atoms with Crippen LogP contribution in [-0.2, 0) is 13.3 Å². The fourth-order valence-electron chi connectivity index (χ4n) is 4.92. The predicted molar refractivity (Wildman–Crippen MR) is 141 cm³/mol. The molecule has 0 radical (unpaired) electrons. The molecule has 0 bridgehead atoms. The highest BCUT2D eigenvalue weighted by molar-refractivity contribution is 6.52. The van der Waals surface area contributed by atoms with E-state index in [1.165, 1.54) is 103 Å². The zero-order chi connectivity index (χ0) is 24.1. The van der Waals surface area contributed by atoms with Crippen LogP contribution in [0.15, 0.2) is 0 Å². The molecule has 0 spiro atoms. The molecule has 0 heterocycles. The maximum absolute atomic E-state index is 5.75. The Hall–Kier alpha value is 0.307. The van der Waals surface area contributed by atoms with Gasteiger partial charge in [0.25, 0.3) is 0 Å². The molecule has 0 aliphatic heterocycles. The van der Waals surface area contributed by atoms with Gasteiger partial charge in [0.1, 0.15) is 6.17 Å². The fourth-order valence-corrected chi connectivity index (χ4v) is 7.48. The molecular formula is C26H59ClN2O3Si. The summed E-state index contributed by atoms with van der Waals surface area (Å²) in [6.45, 7) is 5.55.